The number of allylic oxidation sites excluding steroid dienone is 1. The molecule has 0 spiro atoms. The molecule has 13 heteroatoms. The Bertz CT molecular complexity index is 1810. The van der Waals surface area contributed by atoms with Gasteiger partial charge in [-0.15, -0.1) is 0 Å². The molecule has 0 radical (unpaired) electrons. The maximum absolute atomic E-state index is 13.2. The third-order valence-corrected chi connectivity index (χ3v) is 8.81. The predicted molar refractivity (Wildman–Crippen MR) is 170 cm³/mol. The number of aliphatic hydroxyl groups excluding tert-OH is 4. The van der Waals surface area contributed by atoms with Crippen molar-refractivity contribution in [2.75, 3.05) is 24.7 Å². The van der Waals surface area contributed by atoms with Gasteiger partial charge in [0.25, 0.3) is 0 Å². The highest BCUT2D eigenvalue weighted by atomic mass is 17.2. The minimum absolute atomic E-state index is 0.00774. The van der Waals surface area contributed by atoms with E-state index < -0.39 is 48.8 Å². The number of hydrogen-bond donors (Lipinski definition) is 6. The summed E-state index contributed by atoms with van der Waals surface area (Å²) in [6.45, 7) is 4.30. The smallest absolute Gasteiger partial charge is 0.193 e. The summed E-state index contributed by atoms with van der Waals surface area (Å²) in [6.07, 6.45) is -0.881. The summed E-state index contributed by atoms with van der Waals surface area (Å²) in [7, 11) is 0. The second-order valence-corrected chi connectivity index (χ2v) is 12.8. The fourth-order valence-electron chi connectivity index (χ4n) is 6.09. The first-order chi connectivity index (χ1) is 22.3. The van der Waals surface area contributed by atoms with Crippen molar-refractivity contribution in [2.45, 2.75) is 69.2 Å². The maximum atomic E-state index is 13.2. The van der Waals surface area contributed by atoms with Crippen molar-refractivity contribution in [2.24, 2.45) is 4.99 Å². The van der Waals surface area contributed by atoms with Gasteiger partial charge in [-0.25, -0.2) is 9.78 Å². The first-order valence-corrected chi connectivity index (χ1v) is 15.2. The molecule has 4 heterocycles. The number of fused-ring (bicyclic) bond motifs is 3. The van der Waals surface area contributed by atoms with Crippen LogP contribution in [0.25, 0.3) is 11.0 Å². The van der Waals surface area contributed by atoms with E-state index in [0.29, 0.717) is 45.8 Å². The van der Waals surface area contributed by atoms with Gasteiger partial charge >= 0.3 is 0 Å². The summed E-state index contributed by atoms with van der Waals surface area (Å²) in [5, 5.41) is 62.2. The summed E-state index contributed by atoms with van der Waals surface area (Å²) >= 11 is 0. The van der Waals surface area contributed by atoms with Gasteiger partial charge < -0.3 is 44.7 Å². The van der Waals surface area contributed by atoms with Gasteiger partial charge in [-0.2, -0.15) is 0 Å². The number of anilines is 1. The van der Waals surface area contributed by atoms with E-state index in [0.717, 1.165) is 11.3 Å². The molecule has 0 aliphatic carbocycles. The zero-order valence-corrected chi connectivity index (χ0v) is 26.2. The van der Waals surface area contributed by atoms with Crippen molar-refractivity contribution in [3.63, 3.8) is 0 Å². The molecule has 6 rings (SSSR count). The lowest BCUT2D eigenvalue weighted by atomic mass is 9.85. The zero-order valence-electron chi connectivity index (χ0n) is 26.2. The maximum Gasteiger partial charge on any atom is 0.193 e. The molecule has 1 aromatic heterocycles. The van der Waals surface area contributed by atoms with Crippen LogP contribution >= 0.6 is 0 Å². The molecule has 47 heavy (non-hydrogen) atoms. The molecule has 0 saturated heterocycles. The van der Waals surface area contributed by atoms with Gasteiger partial charge in [-0.05, 0) is 50.6 Å². The van der Waals surface area contributed by atoms with Crippen LogP contribution in [0.5, 0.6) is 11.5 Å². The third kappa shape index (κ3) is 6.31. The predicted octanol–water partition coefficient (Wildman–Crippen LogP) is 1.56. The van der Waals surface area contributed by atoms with Crippen LogP contribution in [0, 0.1) is 6.92 Å². The quantitative estimate of drug-likeness (QED) is 0.130. The lowest BCUT2D eigenvalue weighted by Gasteiger charge is -2.41. The molecule has 3 aromatic rings. The van der Waals surface area contributed by atoms with Crippen molar-refractivity contribution in [3.05, 3.63) is 87.1 Å². The topological polar surface area (TPSA) is 195 Å². The molecule has 6 N–H and O–H groups in total. The molecule has 3 aliphatic rings. The van der Waals surface area contributed by atoms with Gasteiger partial charge in [0, 0.05) is 42.5 Å². The number of nitrogens with zero attached hydrogens (tertiary/aromatic N) is 2. The summed E-state index contributed by atoms with van der Waals surface area (Å²) in [6, 6.07) is 8.97. The second kappa shape index (κ2) is 12.5. The Kier molecular flexibility index (Phi) is 8.74. The average molecular weight is 651 g/mol. The molecule has 250 valence electrons. The van der Waals surface area contributed by atoms with E-state index in [1.54, 1.807) is 33.1 Å². The number of rotatable bonds is 11. The Labute approximate surface area is 269 Å². The number of aromatic hydroxyl groups is 1. The summed E-state index contributed by atoms with van der Waals surface area (Å²) < 4.78 is 12.7. The van der Waals surface area contributed by atoms with Crippen molar-refractivity contribution >= 4 is 22.9 Å². The number of aliphatic imine (C=N–C) groups is 1. The van der Waals surface area contributed by atoms with Gasteiger partial charge in [-0.3, -0.25) is 9.79 Å². The van der Waals surface area contributed by atoms with Crippen LogP contribution in [0.4, 0.5) is 5.69 Å². The standard InChI is InChI=1S/C34H38N2O11/c1-18-10-25(39)23-11-21-12-27(33(2,3)46-30(21)28(31(23)45-18)36-14-20-8-9-35-24(20)15-36)47-44-17-34(43,32(42)29(41)26(40)16-37)13-19-4-6-22(38)7-5-19/h4-11,15,26-27,29,32,37-38,40-43H,12-14,16-17H2,1-3H3/t26-,27-,29-,32+,34+/m1/s1. The van der Waals surface area contributed by atoms with Gasteiger partial charge in [-0.1, -0.05) is 12.1 Å². The molecule has 0 fully saturated rings. The molecule has 13 nitrogen and oxygen atoms in total. The Morgan fingerprint density at radius 3 is 2.62 bits per heavy atom. The molecule has 2 aromatic carbocycles. The van der Waals surface area contributed by atoms with Crippen LogP contribution in [-0.4, -0.2) is 92.2 Å². The Morgan fingerprint density at radius 1 is 1.17 bits per heavy atom. The lowest BCUT2D eigenvalue weighted by molar-refractivity contribution is -0.369. The van der Waals surface area contributed by atoms with E-state index in [2.05, 4.69) is 4.99 Å². The number of aryl methyl sites for hydroxylation is 1. The van der Waals surface area contributed by atoms with E-state index in [1.807, 2.05) is 17.2 Å². The number of phenolic OH excluding ortho intramolecular Hbond substituents is 1. The average Bonchev–Trinajstić information content (AvgIpc) is 3.63. The van der Waals surface area contributed by atoms with Crippen LogP contribution in [0.2, 0.25) is 0 Å². The highest BCUT2D eigenvalue weighted by Gasteiger charge is 2.46. The Morgan fingerprint density at radius 2 is 1.91 bits per heavy atom. The highest BCUT2D eigenvalue weighted by Crippen LogP contribution is 2.47. The van der Waals surface area contributed by atoms with Gasteiger partial charge in [0.1, 0.15) is 59.4 Å². The van der Waals surface area contributed by atoms with E-state index >= 15 is 0 Å². The van der Waals surface area contributed by atoms with Crippen LogP contribution in [0.3, 0.4) is 0 Å². The van der Waals surface area contributed by atoms with Crippen molar-refractivity contribution in [3.8, 4) is 11.5 Å². The van der Waals surface area contributed by atoms with E-state index in [9.17, 15) is 35.4 Å². The molecule has 0 amide bonds. The van der Waals surface area contributed by atoms with Gasteiger partial charge in [0.2, 0.25) is 0 Å². The summed E-state index contributed by atoms with van der Waals surface area (Å²) in [4.78, 5) is 30.9. The summed E-state index contributed by atoms with van der Waals surface area (Å²) in [5.41, 5.74) is 0.513. The Hall–Kier alpha value is -4.08. The lowest BCUT2D eigenvalue weighted by Crippen LogP contribution is -2.57. The number of hydrogen-bond acceptors (Lipinski definition) is 13. The SMILES string of the molecule is Cc1cc(=O)c2cc3c(c(N4C=C5N=CC=C5C4)c2o1)OC(C)(C)[C@H](OOC[C@@](O)(Cc1ccc(O)cc1)[C@@H](O)[C@H](O)[C@H](O)CO)C3. The van der Waals surface area contributed by atoms with Crippen LogP contribution in [-0.2, 0) is 22.6 Å². The molecule has 0 bridgehead atoms. The zero-order chi connectivity index (χ0) is 33.7. The fourth-order valence-corrected chi connectivity index (χ4v) is 6.09. The van der Waals surface area contributed by atoms with Crippen molar-refractivity contribution < 1.29 is 49.6 Å². The van der Waals surface area contributed by atoms with E-state index in [4.69, 9.17) is 18.9 Å². The van der Waals surface area contributed by atoms with Gasteiger partial charge in [0.05, 0.1) is 24.2 Å². The number of aliphatic hydroxyl groups is 5. The molecular weight excluding hydrogens is 612 g/mol. The molecule has 3 aliphatic heterocycles. The molecular formula is C34H38N2O11. The van der Waals surface area contributed by atoms with E-state index in [1.165, 1.54) is 30.3 Å². The summed E-state index contributed by atoms with van der Waals surface area (Å²) in [5.74, 6) is 0.959. The fraction of sp³-hybridized carbons (Fsp3) is 0.412. The van der Waals surface area contributed by atoms with Crippen molar-refractivity contribution in [1.82, 2.24) is 0 Å². The van der Waals surface area contributed by atoms with Crippen LogP contribution < -0.4 is 15.1 Å². The Balaban J connectivity index is 1.28. The normalized spacial score (nSPS) is 21.4. The molecule has 5 atom stereocenters. The highest BCUT2D eigenvalue weighted by molar-refractivity contribution is 5.96. The number of phenols is 1. The first kappa shape index (κ1) is 32.8. The largest absolute Gasteiger partial charge is 0.508 e. The van der Waals surface area contributed by atoms with E-state index in [-0.39, 0.29) is 24.0 Å². The number of benzene rings is 2. The van der Waals surface area contributed by atoms with Crippen molar-refractivity contribution in [1.29, 1.82) is 0 Å². The number of ether oxygens (including phenoxy) is 1. The van der Waals surface area contributed by atoms with Gasteiger partial charge in [0.15, 0.2) is 16.8 Å². The monoisotopic (exact) mass is 650 g/mol. The van der Waals surface area contributed by atoms with Crippen LogP contribution in [0.15, 0.2) is 74.1 Å². The second-order valence-electron chi connectivity index (χ2n) is 12.8. The van der Waals surface area contributed by atoms with Crippen LogP contribution in [0.1, 0.15) is 30.7 Å². The molecule has 0 saturated carbocycles. The molecule has 0 unspecified atom stereocenters. The third-order valence-electron chi connectivity index (χ3n) is 8.81. The minimum Gasteiger partial charge on any atom is -0.508 e. The first-order valence-electron chi connectivity index (χ1n) is 15.2. The minimum atomic E-state index is -2.21.